The molecule has 13 heteroatoms. The lowest BCUT2D eigenvalue weighted by Gasteiger charge is -2.17. The van der Waals surface area contributed by atoms with E-state index >= 15 is 0 Å². The molecule has 34 heavy (non-hydrogen) atoms. The summed E-state index contributed by atoms with van der Waals surface area (Å²) in [4.78, 5) is 56.6. The summed E-state index contributed by atoms with van der Waals surface area (Å²) in [7, 11) is 0. The van der Waals surface area contributed by atoms with Crippen LogP contribution in [0.4, 0.5) is 0 Å². The number of phenols is 2. The zero-order valence-corrected chi connectivity index (χ0v) is 18.3. The third-order valence-corrected chi connectivity index (χ3v) is 4.76. The Morgan fingerprint density at radius 1 is 0.765 bits per heavy atom. The van der Waals surface area contributed by atoms with Gasteiger partial charge in [0, 0.05) is 25.9 Å². The summed E-state index contributed by atoms with van der Waals surface area (Å²) in [5.74, 6) is -5.97. The summed E-state index contributed by atoms with van der Waals surface area (Å²) < 4.78 is 0. The molecule has 1 rings (SSSR count). The predicted molar refractivity (Wildman–Crippen MR) is 116 cm³/mol. The third kappa shape index (κ3) is 10.6. The summed E-state index contributed by atoms with van der Waals surface area (Å²) in [5, 5.41) is 52.8. The number of amides is 2. The minimum atomic E-state index is -2.04. The summed E-state index contributed by atoms with van der Waals surface area (Å²) in [6.45, 7) is 0.493. The largest absolute Gasteiger partial charge is 0.504 e. The van der Waals surface area contributed by atoms with Crippen molar-refractivity contribution in [1.29, 1.82) is 0 Å². The van der Waals surface area contributed by atoms with Gasteiger partial charge in [-0.3, -0.25) is 19.7 Å². The Bertz CT molecular complexity index is 876. The maximum Gasteiger partial charge on any atom is 0.332 e. The average Bonchev–Trinajstić information content (AvgIpc) is 2.75. The fourth-order valence-electron chi connectivity index (χ4n) is 2.90. The van der Waals surface area contributed by atoms with Crippen molar-refractivity contribution in [3.63, 3.8) is 0 Å². The summed E-state index contributed by atoms with van der Waals surface area (Å²) in [6.07, 6.45) is 0.950. The number of unbranched alkanes of at least 4 members (excludes halogenated alkanes) is 1. The van der Waals surface area contributed by atoms with Crippen molar-refractivity contribution in [2.24, 2.45) is 0 Å². The van der Waals surface area contributed by atoms with E-state index in [-0.39, 0.29) is 62.1 Å². The molecule has 1 atom stereocenters. The van der Waals surface area contributed by atoms with Crippen LogP contribution in [0.15, 0.2) is 18.2 Å². The van der Waals surface area contributed by atoms with Crippen LogP contribution >= 0.6 is 0 Å². The van der Waals surface area contributed by atoms with Gasteiger partial charge in [-0.1, -0.05) is 6.07 Å². The minimum Gasteiger partial charge on any atom is -0.504 e. The normalized spacial score (nSPS) is 11.6. The number of nitrogens with one attached hydrogen (secondary N) is 3. The van der Waals surface area contributed by atoms with Gasteiger partial charge in [0.15, 0.2) is 11.5 Å². The van der Waals surface area contributed by atoms with Gasteiger partial charge in [-0.15, -0.1) is 0 Å². The second-order valence-corrected chi connectivity index (χ2v) is 7.44. The van der Waals surface area contributed by atoms with Crippen molar-refractivity contribution in [3.05, 3.63) is 23.8 Å². The highest BCUT2D eigenvalue weighted by Crippen LogP contribution is 2.24. The van der Waals surface area contributed by atoms with Crippen LogP contribution in [-0.2, 0) is 30.4 Å². The first kappa shape index (κ1) is 28.2. The van der Waals surface area contributed by atoms with Gasteiger partial charge in [0.2, 0.25) is 17.9 Å². The number of carboxylic acids is 3. The maximum atomic E-state index is 11.8. The molecule has 0 saturated carbocycles. The van der Waals surface area contributed by atoms with Crippen LogP contribution < -0.4 is 16.0 Å². The van der Waals surface area contributed by atoms with Crippen LogP contribution in [0.2, 0.25) is 0 Å². The smallest absolute Gasteiger partial charge is 0.332 e. The molecule has 2 amide bonds. The number of hydrogen-bond acceptors (Lipinski definition) is 8. The number of phenolic OH excluding ortho intramolecular Hbond substituents is 2. The van der Waals surface area contributed by atoms with Gasteiger partial charge in [-0.05, 0) is 43.4 Å². The highest BCUT2D eigenvalue weighted by atomic mass is 16.4. The van der Waals surface area contributed by atoms with Crippen LogP contribution in [0.25, 0.3) is 0 Å². The Kier molecular flexibility index (Phi) is 11.9. The van der Waals surface area contributed by atoms with Gasteiger partial charge in [0.25, 0.3) is 0 Å². The number of carbonyl (C=O) groups excluding carboxylic acids is 2. The van der Waals surface area contributed by atoms with Crippen molar-refractivity contribution < 1.29 is 49.5 Å². The first-order valence-electron chi connectivity index (χ1n) is 10.5. The van der Waals surface area contributed by atoms with Crippen LogP contribution in [-0.4, -0.2) is 80.4 Å². The fraction of sp³-hybridized carbons (Fsp3) is 0.476. The Morgan fingerprint density at radius 3 is 1.88 bits per heavy atom. The highest BCUT2D eigenvalue weighted by Gasteiger charge is 2.31. The second kappa shape index (κ2) is 14.3. The number of hydrogen-bond donors (Lipinski definition) is 8. The number of carboxylic acid groups (broad SMARTS) is 3. The topological polar surface area (TPSA) is 223 Å². The molecule has 13 nitrogen and oxygen atoms in total. The van der Waals surface area contributed by atoms with E-state index in [4.69, 9.17) is 15.3 Å². The zero-order chi connectivity index (χ0) is 25.7. The standard InChI is InChI=1S/C21H29N3O10/c25-14-5-4-12(11-15(14)26)8-10-23-17(28)7-6-16(27)22-9-2-1-3-13(19(29)30)24-18(20(31)32)21(33)34/h4-5,11,13,18,24-26H,1-3,6-10H2,(H,22,27)(H,23,28)(H,29,30)(H,31,32)(H,33,34). The lowest BCUT2D eigenvalue weighted by atomic mass is 10.1. The number of aliphatic carboxylic acids is 3. The summed E-state index contributed by atoms with van der Waals surface area (Å²) in [5.41, 5.74) is 0.718. The van der Waals surface area contributed by atoms with Gasteiger partial charge in [0.1, 0.15) is 6.04 Å². The van der Waals surface area contributed by atoms with E-state index in [0.717, 1.165) is 5.56 Å². The molecule has 0 saturated heterocycles. The van der Waals surface area contributed by atoms with Gasteiger partial charge in [-0.25, -0.2) is 9.59 Å². The Balaban J connectivity index is 2.21. The quantitative estimate of drug-likeness (QED) is 0.0842. The molecule has 8 N–H and O–H groups in total. The molecular weight excluding hydrogens is 454 g/mol. The Morgan fingerprint density at radius 2 is 1.35 bits per heavy atom. The molecular formula is C21H29N3O10. The van der Waals surface area contributed by atoms with E-state index in [1.165, 1.54) is 12.1 Å². The van der Waals surface area contributed by atoms with Crippen molar-refractivity contribution in [2.45, 2.75) is 50.6 Å². The van der Waals surface area contributed by atoms with Gasteiger partial charge < -0.3 is 36.2 Å². The molecule has 0 aliphatic rings. The second-order valence-electron chi connectivity index (χ2n) is 7.44. The average molecular weight is 483 g/mol. The van der Waals surface area contributed by atoms with E-state index in [1.54, 1.807) is 6.07 Å². The van der Waals surface area contributed by atoms with Crippen LogP contribution in [0.3, 0.4) is 0 Å². The Labute approximate surface area is 194 Å². The van der Waals surface area contributed by atoms with E-state index in [1.807, 2.05) is 0 Å². The SMILES string of the molecule is O=C(CCC(=O)NCCc1ccc(O)c(O)c1)NCCCCC(NC(C(=O)O)C(=O)O)C(=O)O. The molecule has 0 bridgehead atoms. The van der Waals surface area contributed by atoms with Gasteiger partial charge in [-0.2, -0.15) is 0 Å². The molecule has 188 valence electrons. The Hall–Kier alpha value is -3.87. The molecule has 1 aromatic carbocycles. The number of benzene rings is 1. The van der Waals surface area contributed by atoms with Crippen molar-refractivity contribution in [1.82, 2.24) is 16.0 Å². The van der Waals surface area contributed by atoms with Crippen LogP contribution in [0.5, 0.6) is 11.5 Å². The molecule has 0 heterocycles. The highest BCUT2D eigenvalue weighted by molar-refractivity contribution is 5.97. The van der Waals surface area contributed by atoms with E-state index in [0.29, 0.717) is 12.8 Å². The van der Waals surface area contributed by atoms with E-state index < -0.39 is 30.0 Å². The minimum absolute atomic E-state index is 0.0382. The number of carbonyl (C=O) groups is 5. The molecule has 0 fully saturated rings. The molecule has 0 aliphatic heterocycles. The van der Waals surface area contributed by atoms with E-state index in [9.17, 15) is 34.2 Å². The van der Waals surface area contributed by atoms with Crippen molar-refractivity contribution in [3.8, 4) is 11.5 Å². The maximum absolute atomic E-state index is 11.8. The molecule has 1 aromatic rings. The van der Waals surface area contributed by atoms with Crippen LogP contribution in [0.1, 0.15) is 37.7 Å². The number of rotatable bonds is 16. The molecule has 0 aromatic heterocycles. The van der Waals surface area contributed by atoms with Crippen molar-refractivity contribution >= 4 is 29.7 Å². The molecule has 0 spiro atoms. The van der Waals surface area contributed by atoms with Crippen molar-refractivity contribution in [2.75, 3.05) is 13.1 Å². The fourth-order valence-corrected chi connectivity index (χ4v) is 2.90. The predicted octanol–water partition coefficient (Wildman–Crippen LogP) is -0.596. The van der Waals surface area contributed by atoms with Crippen LogP contribution in [0, 0.1) is 0 Å². The summed E-state index contributed by atoms with van der Waals surface area (Å²) in [6, 6.07) is 0.931. The first-order valence-corrected chi connectivity index (χ1v) is 10.5. The summed E-state index contributed by atoms with van der Waals surface area (Å²) >= 11 is 0. The van der Waals surface area contributed by atoms with Gasteiger partial charge >= 0.3 is 17.9 Å². The molecule has 0 radical (unpaired) electrons. The molecule has 1 unspecified atom stereocenters. The lowest BCUT2D eigenvalue weighted by molar-refractivity contribution is -0.152. The van der Waals surface area contributed by atoms with E-state index in [2.05, 4.69) is 16.0 Å². The molecule has 0 aliphatic carbocycles. The third-order valence-electron chi connectivity index (χ3n) is 4.76. The number of aromatic hydroxyl groups is 2. The monoisotopic (exact) mass is 483 g/mol. The lowest BCUT2D eigenvalue weighted by Crippen LogP contribution is -2.51. The van der Waals surface area contributed by atoms with Gasteiger partial charge in [0.05, 0.1) is 0 Å². The first-order chi connectivity index (χ1) is 16.0. The zero-order valence-electron chi connectivity index (χ0n) is 18.3.